The first-order valence-corrected chi connectivity index (χ1v) is 7.58. The fourth-order valence-corrected chi connectivity index (χ4v) is 2.88. The molecule has 20 heavy (non-hydrogen) atoms. The minimum Gasteiger partial charge on any atom is -0.350 e. The van der Waals surface area contributed by atoms with Crippen LogP contribution < -0.4 is 5.32 Å². The van der Waals surface area contributed by atoms with Crippen molar-refractivity contribution >= 4 is 15.9 Å². The molecule has 0 fully saturated rings. The van der Waals surface area contributed by atoms with E-state index in [0.29, 0.717) is 23.0 Å². The predicted molar refractivity (Wildman–Crippen MR) is 84.3 cm³/mol. The van der Waals surface area contributed by atoms with Gasteiger partial charge in [0.25, 0.3) is 0 Å². The molecule has 108 valence electrons. The molecule has 0 aliphatic carbocycles. The number of nitrogens with one attached hydrogen (secondary N) is 1. The number of hydrogen-bond acceptors (Lipinski definition) is 1. The van der Waals surface area contributed by atoms with E-state index in [1.807, 2.05) is 19.3 Å². The third-order valence-electron chi connectivity index (χ3n) is 3.49. The summed E-state index contributed by atoms with van der Waals surface area (Å²) in [6.45, 7) is 5.05. The predicted octanol–water partition coefficient (Wildman–Crippen LogP) is 4.35. The van der Waals surface area contributed by atoms with Crippen LogP contribution in [0.4, 0.5) is 4.39 Å². The fraction of sp³-hybridized carbons (Fsp3) is 0.375. The monoisotopic (exact) mass is 338 g/mol. The van der Waals surface area contributed by atoms with Crippen molar-refractivity contribution in [3.63, 3.8) is 0 Å². The van der Waals surface area contributed by atoms with Crippen molar-refractivity contribution in [2.75, 3.05) is 7.05 Å². The van der Waals surface area contributed by atoms with Gasteiger partial charge in [0.05, 0.1) is 4.47 Å². The average molecular weight is 339 g/mol. The van der Waals surface area contributed by atoms with E-state index in [4.69, 9.17) is 0 Å². The van der Waals surface area contributed by atoms with Crippen LogP contribution in [-0.2, 0) is 6.54 Å². The van der Waals surface area contributed by atoms with Gasteiger partial charge in [-0.3, -0.25) is 0 Å². The van der Waals surface area contributed by atoms with Gasteiger partial charge in [0.1, 0.15) is 5.82 Å². The van der Waals surface area contributed by atoms with Gasteiger partial charge in [0.15, 0.2) is 0 Å². The van der Waals surface area contributed by atoms with E-state index in [0.717, 1.165) is 5.56 Å². The number of benzene rings is 1. The summed E-state index contributed by atoms with van der Waals surface area (Å²) in [6, 6.07) is 7.60. The van der Waals surface area contributed by atoms with Gasteiger partial charge in [-0.05, 0) is 52.2 Å². The van der Waals surface area contributed by atoms with Crippen molar-refractivity contribution in [2.45, 2.75) is 26.4 Å². The molecule has 1 heterocycles. The van der Waals surface area contributed by atoms with E-state index in [1.54, 1.807) is 6.07 Å². The Hall–Kier alpha value is -1.13. The normalized spacial score (nSPS) is 12.9. The quantitative estimate of drug-likeness (QED) is 0.857. The molecule has 0 amide bonds. The molecule has 0 spiro atoms. The maximum atomic E-state index is 13.5. The van der Waals surface area contributed by atoms with Crippen molar-refractivity contribution in [3.8, 4) is 0 Å². The molecule has 1 N–H and O–H groups in total. The lowest BCUT2D eigenvalue weighted by Gasteiger charge is -2.18. The van der Waals surface area contributed by atoms with E-state index in [9.17, 15) is 4.39 Å². The van der Waals surface area contributed by atoms with E-state index >= 15 is 0 Å². The van der Waals surface area contributed by atoms with Crippen molar-refractivity contribution < 1.29 is 4.39 Å². The van der Waals surface area contributed by atoms with Gasteiger partial charge in [0.2, 0.25) is 0 Å². The summed E-state index contributed by atoms with van der Waals surface area (Å²) in [5.74, 6) is 0.307. The smallest absolute Gasteiger partial charge is 0.137 e. The van der Waals surface area contributed by atoms with Crippen LogP contribution in [0, 0.1) is 11.7 Å². The number of hydrogen-bond donors (Lipinski definition) is 1. The van der Waals surface area contributed by atoms with Crippen LogP contribution in [0.5, 0.6) is 0 Å². The second kappa shape index (κ2) is 6.55. The first-order valence-electron chi connectivity index (χ1n) is 6.78. The molecular weight excluding hydrogens is 319 g/mol. The van der Waals surface area contributed by atoms with E-state index in [1.165, 1.54) is 11.6 Å². The molecule has 0 aliphatic rings. The van der Waals surface area contributed by atoms with Crippen LogP contribution in [-0.4, -0.2) is 11.6 Å². The minimum absolute atomic E-state index is 0.217. The first kappa shape index (κ1) is 15.3. The Kier molecular flexibility index (Phi) is 5.00. The largest absolute Gasteiger partial charge is 0.350 e. The third kappa shape index (κ3) is 3.30. The molecule has 0 bridgehead atoms. The van der Waals surface area contributed by atoms with Crippen molar-refractivity contribution in [1.82, 2.24) is 9.88 Å². The average Bonchev–Trinajstić information content (AvgIpc) is 2.84. The SMILES string of the molecule is CNC(c1ccn(Cc2cccc(F)c2Br)c1)C(C)C. The first-order chi connectivity index (χ1) is 9.52. The number of nitrogens with zero attached hydrogens (tertiary/aromatic N) is 1. The van der Waals surface area contributed by atoms with Gasteiger partial charge in [-0.25, -0.2) is 4.39 Å². The second-order valence-corrected chi connectivity index (χ2v) is 6.13. The Morgan fingerprint density at radius 3 is 2.70 bits per heavy atom. The van der Waals surface area contributed by atoms with Gasteiger partial charge < -0.3 is 9.88 Å². The molecule has 0 aliphatic heterocycles. The number of rotatable bonds is 5. The van der Waals surface area contributed by atoms with Crippen LogP contribution in [0.15, 0.2) is 41.1 Å². The number of halogens is 2. The Labute approximate surface area is 128 Å². The molecule has 2 rings (SSSR count). The lowest BCUT2D eigenvalue weighted by atomic mass is 9.99. The molecule has 0 saturated heterocycles. The molecule has 1 unspecified atom stereocenters. The van der Waals surface area contributed by atoms with Gasteiger partial charge in [-0.1, -0.05) is 26.0 Å². The molecule has 4 heteroatoms. The molecule has 1 aromatic carbocycles. The van der Waals surface area contributed by atoms with E-state index < -0.39 is 0 Å². The summed E-state index contributed by atoms with van der Waals surface area (Å²) in [5.41, 5.74) is 2.20. The van der Waals surface area contributed by atoms with Crippen LogP contribution in [0.3, 0.4) is 0 Å². The zero-order valence-corrected chi connectivity index (χ0v) is 13.6. The fourth-order valence-electron chi connectivity index (χ4n) is 2.49. The number of aromatic nitrogens is 1. The van der Waals surface area contributed by atoms with Crippen LogP contribution in [0.1, 0.15) is 31.0 Å². The van der Waals surface area contributed by atoms with Crippen LogP contribution in [0.2, 0.25) is 0 Å². The molecule has 1 atom stereocenters. The summed E-state index contributed by atoms with van der Waals surface area (Å²) >= 11 is 3.31. The van der Waals surface area contributed by atoms with E-state index in [-0.39, 0.29) is 5.82 Å². The summed E-state index contributed by atoms with van der Waals surface area (Å²) in [5, 5.41) is 3.33. The summed E-state index contributed by atoms with van der Waals surface area (Å²) < 4.78 is 16.1. The Morgan fingerprint density at radius 2 is 2.05 bits per heavy atom. The lowest BCUT2D eigenvalue weighted by molar-refractivity contribution is 0.442. The summed E-state index contributed by atoms with van der Waals surface area (Å²) in [4.78, 5) is 0. The van der Waals surface area contributed by atoms with Gasteiger partial charge in [-0.15, -0.1) is 0 Å². The Balaban J connectivity index is 2.19. The molecule has 1 aromatic heterocycles. The lowest BCUT2D eigenvalue weighted by Crippen LogP contribution is -2.21. The zero-order valence-electron chi connectivity index (χ0n) is 12.0. The van der Waals surface area contributed by atoms with Crippen molar-refractivity contribution in [2.24, 2.45) is 5.92 Å². The van der Waals surface area contributed by atoms with E-state index in [2.05, 4.69) is 51.9 Å². The third-order valence-corrected chi connectivity index (χ3v) is 4.38. The maximum absolute atomic E-state index is 13.5. The Morgan fingerprint density at radius 1 is 1.30 bits per heavy atom. The molecule has 0 radical (unpaired) electrons. The van der Waals surface area contributed by atoms with Gasteiger partial charge >= 0.3 is 0 Å². The minimum atomic E-state index is -0.217. The van der Waals surface area contributed by atoms with Crippen molar-refractivity contribution in [3.05, 3.63) is 58.1 Å². The van der Waals surface area contributed by atoms with Crippen LogP contribution >= 0.6 is 15.9 Å². The topological polar surface area (TPSA) is 17.0 Å². The highest BCUT2D eigenvalue weighted by molar-refractivity contribution is 9.10. The molecular formula is C16H20BrFN2. The highest BCUT2D eigenvalue weighted by Gasteiger charge is 2.14. The van der Waals surface area contributed by atoms with Crippen molar-refractivity contribution in [1.29, 1.82) is 0 Å². The van der Waals surface area contributed by atoms with Gasteiger partial charge in [-0.2, -0.15) is 0 Å². The Bertz CT molecular complexity index is 578. The summed E-state index contributed by atoms with van der Waals surface area (Å²) in [6.07, 6.45) is 4.16. The highest BCUT2D eigenvalue weighted by atomic mass is 79.9. The molecule has 2 nitrogen and oxygen atoms in total. The molecule has 0 saturated carbocycles. The maximum Gasteiger partial charge on any atom is 0.137 e. The van der Waals surface area contributed by atoms with Gasteiger partial charge in [0, 0.05) is 25.0 Å². The zero-order chi connectivity index (χ0) is 14.7. The van der Waals surface area contributed by atoms with Crippen LogP contribution in [0.25, 0.3) is 0 Å². The highest BCUT2D eigenvalue weighted by Crippen LogP contribution is 2.24. The summed E-state index contributed by atoms with van der Waals surface area (Å²) in [7, 11) is 1.98. The molecule has 2 aromatic rings. The second-order valence-electron chi connectivity index (χ2n) is 5.34. The standard InChI is InChI=1S/C16H20BrFN2/c1-11(2)16(19-3)13-7-8-20(10-13)9-12-5-4-6-14(18)15(12)17/h4-8,10-11,16,19H,9H2,1-3H3.